The van der Waals surface area contributed by atoms with Gasteiger partial charge in [-0.05, 0) is 19.1 Å². The van der Waals surface area contributed by atoms with Gasteiger partial charge >= 0.3 is 0 Å². The second-order valence-electron chi connectivity index (χ2n) is 4.31. The van der Waals surface area contributed by atoms with Crippen molar-refractivity contribution in [3.63, 3.8) is 0 Å². The lowest BCUT2D eigenvalue weighted by atomic mass is 10.2. The summed E-state index contributed by atoms with van der Waals surface area (Å²) in [6, 6.07) is 5.82. The van der Waals surface area contributed by atoms with E-state index in [-0.39, 0.29) is 0 Å². The number of nitriles is 1. The highest BCUT2D eigenvalue weighted by Gasteiger charge is 2.10. The Bertz CT molecular complexity index is 594. The van der Waals surface area contributed by atoms with Crippen molar-refractivity contribution in [1.29, 1.82) is 5.26 Å². The monoisotopic (exact) mass is 241 g/mol. The highest BCUT2D eigenvalue weighted by Crippen LogP contribution is 2.18. The number of aryl methyl sites for hydroxylation is 2. The summed E-state index contributed by atoms with van der Waals surface area (Å²) in [6.45, 7) is 2.60. The van der Waals surface area contributed by atoms with Crippen molar-refractivity contribution in [2.75, 3.05) is 11.9 Å². The van der Waals surface area contributed by atoms with Gasteiger partial charge in [0.15, 0.2) is 0 Å². The summed E-state index contributed by atoms with van der Waals surface area (Å²) in [7, 11) is 3.81. The molecule has 2 aromatic heterocycles. The van der Waals surface area contributed by atoms with E-state index in [4.69, 9.17) is 5.26 Å². The van der Waals surface area contributed by atoms with E-state index >= 15 is 0 Å². The number of hydrogen-bond acceptors (Lipinski definition) is 4. The van der Waals surface area contributed by atoms with E-state index in [1.807, 2.05) is 44.4 Å². The van der Waals surface area contributed by atoms with Crippen molar-refractivity contribution < 1.29 is 0 Å². The Labute approximate surface area is 106 Å². The molecule has 0 saturated carbocycles. The van der Waals surface area contributed by atoms with Crippen molar-refractivity contribution in [2.24, 2.45) is 7.05 Å². The van der Waals surface area contributed by atoms with E-state index in [0.717, 1.165) is 11.3 Å². The first-order chi connectivity index (χ1) is 8.60. The molecule has 0 aliphatic carbocycles. The molecule has 0 N–H and O–H groups in total. The molecule has 0 atom stereocenters. The van der Waals surface area contributed by atoms with Gasteiger partial charge in [0.1, 0.15) is 11.9 Å². The molecule has 0 bridgehead atoms. The number of nitrogens with zero attached hydrogens (tertiary/aromatic N) is 5. The van der Waals surface area contributed by atoms with Gasteiger partial charge in [-0.3, -0.25) is 4.68 Å². The Balaban J connectivity index is 2.26. The van der Waals surface area contributed by atoms with Crippen LogP contribution in [0.25, 0.3) is 0 Å². The van der Waals surface area contributed by atoms with Gasteiger partial charge in [0, 0.05) is 38.1 Å². The molecule has 2 rings (SSSR count). The van der Waals surface area contributed by atoms with E-state index in [2.05, 4.69) is 16.2 Å². The Kier molecular flexibility index (Phi) is 3.28. The van der Waals surface area contributed by atoms with E-state index in [0.29, 0.717) is 17.9 Å². The Morgan fingerprint density at radius 1 is 1.44 bits per heavy atom. The molecule has 0 fully saturated rings. The lowest BCUT2D eigenvalue weighted by molar-refractivity contribution is 0.766. The molecule has 0 aromatic carbocycles. The predicted molar refractivity (Wildman–Crippen MR) is 69.0 cm³/mol. The summed E-state index contributed by atoms with van der Waals surface area (Å²) in [5, 5.41) is 13.2. The normalized spacial score (nSPS) is 10.1. The average Bonchev–Trinajstić information content (AvgIpc) is 2.74. The molecule has 0 amide bonds. The first-order valence-corrected chi connectivity index (χ1v) is 5.66. The van der Waals surface area contributed by atoms with Crippen molar-refractivity contribution in [1.82, 2.24) is 14.8 Å². The van der Waals surface area contributed by atoms with Gasteiger partial charge in [-0.2, -0.15) is 10.4 Å². The molecular formula is C13H15N5. The number of anilines is 1. The summed E-state index contributed by atoms with van der Waals surface area (Å²) >= 11 is 0. The number of hydrogen-bond donors (Lipinski definition) is 0. The molecule has 0 spiro atoms. The van der Waals surface area contributed by atoms with Gasteiger partial charge in [-0.1, -0.05) is 0 Å². The van der Waals surface area contributed by atoms with Crippen LogP contribution in [0.4, 0.5) is 5.82 Å². The quantitative estimate of drug-likeness (QED) is 0.819. The van der Waals surface area contributed by atoms with Crippen molar-refractivity contribution in [3.05, 3.63) is 41.3 Å². The van der Waals surface area contributed by atoms with Gasteiger partial charge in [0.05, 0.1) is 11.8 Å². The van der Waals surface area contributed by atoms with Crippen molar-refractivity contribution >= 4 is 5.82 Å². The molecule has 2 heterocycles. The minimum atomic E-state index is 0.590. The first kappa shape index (κ1) is 12.1. The molecule has 0 aliphatic heterocycles. The summed E-state index contributed by atoms with van der Waals surface area (Å²) in [4.78, 5) is 6.38. The second kappa shape index (κ2) is 4.88. The molecule has 5 heteroatoms. The lowest BCUT2D eigenvalue weighted by Gasteiger charge is -2.18. The van der Waals surface area contributed by atoms with Crippen molar-refractivity contribution in [3.8, 4) is 6.07 Å². The van der Waals surface area contributed by atoms with Crippen LogP contribution in [0.2, 0.25) is 0 Å². The molecule has 0 radical (unpaired) electrons. The highest BCUT2D eigenvalue weighted by atomic mass is 15.2. The van der Waals surface area contributed by atoms with Crippen LogP contribution in [0.5, 0.6) is 0 Å². The third kappa shape index (κ3) is 2.48. The zero-order chi connectivity index (χ0) is 13.1. The Morgan fingerprint density at radius 2 is 2.22 bits per heavy atom. The van der Waals surface area contributed by atoms with Crippen LogP contribution in [-0.2, 0) is 13.6 Å². The number of aromatic nitrogens is 3. The number of rotatable bonds is 3. The first-order valence-electron chi connectivity index (χ1n) is 5.66. The predicted octanol–water partition coefficient (Wildman–Crippen LogP) is 1.63. The second-order valence-corrected chi connectivity index (χ2v) is 4.31. The van der Waals surface area contributed by atoms with Crippen LogP contribution in [0.1, 0.15) is 16.8 Å². The Morgan fingerprint density at radius 3 is 2.83 bits per heavy atom. The third-order valence-corrected chi connectivity index (χ3v) is 2.67. The van der Waals surface area contributed by atoms with Crippen molar-refractivity contribution in [2.45, 2.75) is 13.5 Å². The van der Waals surface area contributed by atoms with Gasteiger partial charge in [-0.25, -0.2) is 4.98 Å². The number of pyridine rings is 1. The molecule has 5 nitrogen and oxygen atoms in total. The maximum atomic E-state index is 9.10. The van der Waals surface area contributed by atoms with Gasteiger partial charge in [0.25, 0.3) is 0 Å². The molecule has 18 heavy (non-hydrogen) atoms. The molecular weight excluding hydrogens is 226 g/mol. The maximum Gasteiger partial charge on any atom is 0.146 e. The van der Waals surface area contributed by atoms with Crippen LogP contribution in [0.15, 0.2) is 24.5 Å². The van der Waals surface area contributed by atoms with Crippen LogP contribution in [0.3, 0.4) is 0 Å². The lowest BCUT2D eigenvalue weighted by Crippen LogP contribution is -2.19. The zero-order valence-corrected chi connectivity index (χ0v) is 10.8. The summed E-state index contributed by atoms with van der Waals surface area (Å²) in [5.41, 5.74) is 2.58. The fourth-order valence-electron chi connectivity index (χ4n) is 1.82. The molecule has 0 aliphatic rings. The van der Waals surface area contributed by atoms with Gasteiger partial charge < -0.3 is 4.90 Å². The van der Waals surface area contributed by atoms with Gasteiger partial charge in [0.2, 0.25) is 0 Å². The fraction of sp³-hybridized carbons (Fsp3) is 0.308. The van der Waals surface area contributed by atoms with Crippen LogP contribution >= 0.6 is 0 Å². The Hall–Kier alpha value is -2.35. The minimum Gasteiger partial charge on any atom is -0.354 e. The standard InChI is InChI=1S/C13H15N5/c1-10-4-5-12(6-14)13(16-10)17(2)8-11-7-15-18(3)9-11/h4-5,7,9H,8H2,1-3H3. The molecule has 92 valence electrons. The third-order valence-electron chi connectivity index (χ3n) is 2.67. The summed E-state index contributed by atoms with van der Waals surface area (Å²) < 4.78 is 1.76. The fourth-order valence-corrected chi connectivity index (χ4v) is 1.82. The van der Waals surface area contributed by atoms with Crippen LogP contribution in [-0.4, -0.2) is 21.8 Å². The maximum absolute atomic E-state index is 9.10. The molecule has 0 unspecified atom stereocenters. The highest BCUT2D eigenvalue weighted by molar-refractivity contribution is 5.53. The van der Waals surface area contributed by atoms with Gasteiger partial charge in [-0.15, -0.1) is 0 Å². The zero-order valence-electron chi connectivity index (χ0n) is 10.8. The minimum absolute atomic E-state index is 0.590. The summed E-state index contributed by atoms with van der Waals surface area (Å²) in [6.07, 6.45) is 3.77. The van der Waals surface area contributed by atoms with E-state index < -0.39 is 0 Å². The van der Waals surface area contributed by atoms with E-state index in [1.165, 1.54) is 0 Å². The topological polar surface area (TPSA) is 57.7 Å². The smallest absolute Gasteiger partial charge is 0.146 e. The summed E-state index contributed by atoms with van der Waals surface area (Å²) in [5.74, 6) is 0.710. The molecule has 2 aromatic rings. The van der Waals surface area contributed by atoms with E-state index in [9.17, 15) is 0 Å². The van der Waals surface area contributed by atoms with Crippen LogP contribution < -0.4 is 4.90 Å². The largest absolute Gasteiger partial charge is 0.354 e. The van der Waals surface area contributed by atoms with Crippen LogP contribution in [0, 0.1) is 18.3 Å². The average molecular weight is 241 g/mol. The van der Waals surface area contributed by atoms with E-state index in [1.54, 1.807) is 10.7 Å². The SMILES string of the molecule is Cc1ccc(C#N)c(N(C)Cc2cnn(C)c2)n1. The molecule has 0 saturated heterocycles.